The lowest BCUT2D eigenvalue weighted by atomic mass is 9.71. The van der Waals surface area contributed by atoms with Gasteiger partial charge in [0, 0.05) is 31.0 Å². The molecule has 1 heterocycles. The summed E-state index contributed by atoms with van der Waals surface area (Å²) in [6, 6.07) is 3.66. The average Bonchev–Trinajstić information content (AvgIpc) is 2.73. The van der Waals surface area contributed by atoms with Crippen LogP contribution < -0.4 is 20.5 Å². The maximum Gasteiger partial charge on any atom is 0.237 e. The minimum absolute atomic E-state index is 0.393. The Hall–Kier alpha value is -2.43. The van der Waals surface area contributed by atoms with Crippen LogP contribution in [0.1, 0.15) is 57.1 Å². The van der Waals surface area contributed by atoms with Crippen molar-refractivity contribution in [1.82, 2.24) is 9.97 Å². The lowest BCUT2D eigenvalue weighted by Gasteiger charge is -2.39. The average molecular weight is 476 g/mol. The Morgan fingerprint density at radius 1 is 1.18 bits per heavy atom. The van der Waals surface area contributed by atoms with Crippen molar-refractivity contribution in [2.24, 2.45) is 5.73 Å². The van der Waals surface area contributed by atoms with Crippen LogP contribution in [0.15, 0.2) is 18.5 Å². The van der Waals surface area contributed by atoms with E-state index in [0.29, 0.717) is 42.2 Å². The Labute approximate surface area is 195 Å². The predicted octanol–water partition coefficient (Wildman–Crippen LogP) is 2.32. The molecule has 1 saturated carbocycles. The minimum Gasteiger partial charge on any atom is -0.471 e. The number of benzene rings is 1. The Kier molecular flexibility index (Phi) is 6.05. The monoisotopic (exact) mass is 475 g/mol. The highest BCUT2D eigenvalue weighted by Crippen LogP contribution is 2.50. The van der Waals surface area contributed by atoms with E-state index in [1.54, 1.807) is 6.07 Å². The molecule has 0 spiro atoms. The largest absolute Gasteiger partial charge is 0.471 e. The number of aliphatic hydroxyl groups is 1. The summed E-state index contributed by atoms with van der Waals surface area (Å²) in [5.41, 5.74) is 15.1. The topological polar surface area (TPSA) is 145 Å². The molecule has 33 heavy (non-hydrogen) atoms. The smallest absolute Gasteiger partial charge is 0.237 e. The molecule has 1 fully saturated rings. The van der Waals surface area contributed by atoms with Crippen molar-refractivity contribution in [2.75, 3.05) is 29.4 Å². The van der Waals surface area contributed by atoms with Crippen LogP contribution in [0.3, 0.4) is 0 Å². The van der Waals surface area contributed by atoms with Gasteiger partial charge in [-0.15, -0.1) is 0 Å². The first-order chi connectivity index (χ1) is 15.5. The van der Waals surface area contributed by atoms with Crippen molar-refractivity contribution in [3.63, 3.8) is 0 Å². The third-order valence-electron chi connectivity index (χ3n) is 6.77. The van der Waals surface area contributed by atoms with Crippen LogP contribution in [0, 0.1) is 0 Å². The first-order valence-corrected chi connectivity index (χ1v) is 12.9. The normalized spacial score (nSPS) is 18.8. The van der Waals surface area contributed by atoms with Gasteiger partial charge >= 0.3 is 0 Å². The molecule has 180 valence electrons. The zero-order valence-corrected chi connectivity index (χ0v) is 20.3. The number of rotatable bonds is 6. The third-order valence-corrected chi connectivity index (χ3v) is 8.48. The van der Waals surface area contributed by atoms with E-state index in [1.165, 1.54) is 17.7 Å². The van der Waals surface area contributed by atoms with E-state index in [0.717, 1.165) is 36.0 Å². The summed E-state index contributed by atoms with van der Waals surface area (Å²) in [6.45, 7) is 3.61. The molecule has 9 nitrogen and oxygen atoms in total. The summed E-state index contributed by atoms with van der Waals surface area (Å²) in [5, 5.41) is 9.36. The van der Waals surface area contributed by atoms with Crippen molar-refractivity contribution in [3.8, 4) is 17.0 Å². The van der Waals surface area contributed by atoms with E-state index in [4.69, 9.17) is 16.2 Å². The molecule has 0 saturated heterocycles. The van der Waals surface area contributed by atoms with E-state index in [2.05, 4.69) is 9.97 Å². The molecule has 2 aromatic rings. The minimum atomic E-state index is -3.80. The molecule has 1 aromatic heterocycles. The number of anilines is 2. The highest BCUT2D eigenvalue weighted by Gasteiger charge is 2.39. The Morgan fingerprint density at radius 3 is 2.55 bits per heavy atom. The summed E-state index contributed by atoms with van der Waals surface area (Å²) in [6.07, 6.45) is 6.38. The number of fused-ring (bicyclic) bond motifs is 3. The molecule has 1 aromatic carbocycles. The summed E-state index contributed by atoms with van der Waals surface area (Å²) in [7, 11) is -2.30. The van der Waals surface area contributed by atoms with Gasteiger partial charge in [0.05, 0.1) is 23.7 Å². The van der Waals surface area contributed by atoms with Gasteiger partial charge in [-0.05, 0) is 42.4 Å². The molecule has 5 N–H and O–H groups in total. The number of hydrogen-bond donors (Lipinski definition) is 3. The zero-order chi connectivity index (χ0) is 24.0. The van der Waals surface area contributed by atoms with Gasteiger partial charge in [-0.25, -0.2) is 18.4 Å². The van der Waals surface area contributed by atoms with Crippen molar-refractivity contribution < 1.29 is 18.3 Å². The molecule has 0 aliphatic heterocycles. The number of sulfonamides is 1. The van der Waals surface area contributed by atoms with Gasteiger partial charge in [0.25, 0.3) is 0 Å². The maximum absolute atomic E-state index is 13.0. The van der Waals surface area contributed by atoms with Gasteiger partial charge in [-0.2, -0.15) is 0 Å². The fourth-order valence-corrected chi connectivity index (χ4v) is 6.09. The Balaban J connectivity index is 1.94. The summed E-state index contributed by atoms with van der Waals surface area (Å²) in [4.78, 5) is 8.69. The number of nitrogens with zero attached hydrogens (tertiary/aromatic N) is 3. The van der Waals surface area contributed by atoms with Crippen molar-refractivity contribution in [3.05, 3.63) is 29.6 Å². The molecule has 0 unspecified atom stereocenters. The highest BCUT2D eigenvalue weighted by atomic mass is 32.2. The predicted molar refractivity (Wildman–Crippen MR) is 129 cm³/mol. The van der Waals surface area contributed by atoms with E-state index >= 15 is 0 Å². The van der Waals surface area contributed by atoms with E-state index in [9.17, 15) is 13.5 Å². The van der Waals surface area contributed by atoms with Crippen LogP contribution in [-0.4, -0.2) is 48.6 Å². The molecule has 2 aliphatic carbocycles. The van der Waals surface area contributed by atoms with Gasteiger partial charge in [0.2, 0.25) is 10.0 Å². The summed E-state index contributed by atoms with van der Waals surface area (Å²) >= 11 is 0. The summed E-state index contributed by atoms with van der Waals surface area (Å²) < 4.78 is 33.7. The van der Waals surface area contributed by atoms with E-state index in [-0.39, 0.29) is 0 Å². The number of aromatic nitrogens is 2. The van der Waals surface area contributed by atoms with Crippen LogP contribution in [0.2, 0.25) is 0 Å². The molecule has 10 heteroatoms. The number of hydrogen-bond acceptors (Lipinski definition) is 8. The van der Waals surface area contributed by atoms with Crippen LogP contribution in [0.5, 0.6) is 5.75 Å². The second-order valence-corrected chi connectivity index (χ2v) is 11.8. The van der Waals surface area contributed by atoms with Gasteiger partial charge in [-0.1, -0.05) is 20.3 Å². The van der Waals surface area contributed by atoms with Gasteiger partial charge in [0.15, 0.2) is 5.72 Å². The number of nitrogens with two attached hydrogens (primary N) is 2. The second-order valence-electron chi connectivity index (χ2n) is 9.72. The molecular weight excluding hydrogens is 442 g/mol. The number of ether oxygens (including phenoxy) is 1. The lowest BCUT2D eigenvalue weighted by molar-refractivity contribution is 0.0370. The quantitative estimate of drug-likeness (QED) is 0.540. The first kappa shape index (κ1) is 23.7. The molecular formula is C23H33N5O4S. The summed E-state index contributed by atoms with van der Waals surface area (Å²) in [5.74, 6) is 0.445. The van der Waals surface area contributed by atoms with E-state index in [1.807, 2.05) is 19.9 Å². The molecule has 2 aliphatic rings. The Bertz CT molecular complexity index is 1160. The lowest BCUT2D eigenvalue weighted by Crippen LogP contribution is -2.47. The molecule has 0 bridgehead atoms. The van der Waals surface area contributed by atoms with Crippen LogP contribution in [0.4, 0.5) is 11.5 Å². The SMILES string of the molecule is CN(c1c(OC2(N)CCCCC2)ccc2c1CC(C)(C)c1c(N)ncnc1-2)S(=O)(=O)CCO. The van der Waals surface area contributed by atoms with E-state index < -0.39 is 33.5 Å². The standard InChI is InChI=1S/C23H33N5O4S/c1-22(2)13-16-15(19-18(22)21(24)27-14-26-19)7-8-17(32-23(25)9-5-4-6-10-23)20(16)28(3)33(30,31)12-11-29/h7-8,14,29H,4-6,9-13,25H2,1-3H3,(H2,24,26,27). The zero-order valence-electron chi connectivity index (χ0n) is 19.5. The highest BCUT2D eigenvalue weighted by molar-refractivity contribution is 7.92. The maximum atomic E-state index is 13.0. The van der Waals surface area contributed by atoms with Crippen LogP contribution in [0.25, 0.3) is 11.3 Å². The van der Waals surface area contributed by atoms with Crippen molar-refractivity contribution in [2.45, 2.75) is 63.5 Å². The number of aliphatic hydroxyl groups excluding tert-OH is 1. The molecule has 4 rings (SSSR count). The van der Waals surface area contributed by atoms with Gasteiger partial charge in [-0.3, -0.25) is 10.0 Å². The first-order valence-electron chi connectivity index (χ1n) is 11.3. The van der Waals surface area contributed by atoms with Crippen LogP contribution >= 0.6 is 0 Å². The van der Waals surface area contributed by atoms with Crippen molar-refractivity contribution in [1.29, 1.82) is 0 Å². The third kappa shape index (κ3) is 4.27. The van der Waals surface area contributed by atoms with Crippen molar-refractivity contribution >= 4 is 21.5 Å². The fourth-order valence-electron chi connectivity index (χ4n) is 5.11. The van der Waals surface area contributed by atoms with Crippen LogP contribution in [-0.2, 0) is 21.9 Å². The molecule has 0 amide bonds. The second kappa shape index (κ2) is 8.41. The molecule has 0 atom stereocenters. The fraction of sp³-hybridized carbons (Fsp3) is 0.565. The Morgan fingerprint density at radius 2 is 1.88 bits per heavy atom. The number of nitrogen functional groups attached to an aromatic ring is 1. The van der Waals surface area contributed by atoms with Gasteiger partial charge < -0.3 is 15.6 Å². The molecule has 0 radical (unpaired) electrons. The van der Waals surface area contributed by atoms with Gasteiger partial charge in [0.1, 0.15) is 17.9 Å².